The minimum Gasteiger partial charge on any atom is -0.465 e. The highest BCUT2D eigenvalue weighted by molar-refractivity contribution is 6.39. The Morgan fingerprint density at radius 3 is 3.00 bits per heavy atom. The molecule has 0 radical (unpaired) electrons. The van der Waals surface area contributed by atoms with Crippen LogP contribution < -0.4 is 5.46 Å². The van der Waals surface area contributed by atoms with Crippen LogP contribution in [0.5, 0.6) is 0 Å². The van der Waals surface area contributed by atoms with Crippen molar-refractivity contribution in [3.05, 3.63) is 29.5 Å². The van der Waals surface area contributed by atoms with E-state index in [1.165, 1.54) is 0 Å². The summed E-state index contributed by atoms with van der Waals surface area (Å²) in [7, 11) is 2.01. The van der Waals surface area contributed by atoms with Crippen LogP contribution in [0.4, 0.5) is 0 Å². The number of benzene rings is 1. The highest BCUT2D eigenvalue weighted by Gasteiger charge is 2.07. The molecule has 0 fully saturated rings. The molecule has 13 heavy (non-hydrogen) atoms. The van der Waals surface area contributed by atoms with Crippen LogP contribution in [-0.2, 0) is 6.61 Å². The largest absolute Gasteiger partial charge is 0.465 e. The van der Waals surface area contributed by atoms with Gasteiger partial charge in [0.05, 0.1) is 12.9 Å². The SMILES string of the molecule is Bc1c(C)c(CO)cc2ccoc12. The van der Waals surface area contributed by atoms with Crippen molar-refractivity contribution in [1.82, 2.24) is 0 Å². The smallest absolute Gasteiger partial charge is 0.144 e. The highest BCUT2D eigenvalue weighted by atomic mass is 16.3. The van der Waals surface area contributed by atoms with Gasteiger partial charge in [0.1, 0.15) is 13.4 Å². The summed E-state index contributed by atoms with van der Waals surface area (Å²) in [5.41, 5.74) is 4.14. The Bertz CT molecular complexity index is 445. The number of furan rings is 1. The van der Waals surface area contributed by atoms with Gasteiger partial charge in [-0.15, -0.1) is 0 Å². The van der Waals surface area contributed by atoms with Crippen molar-refractivity contribution in [3.63, 3.8) is 0 Å². The molecule has 66 valence electrons. The van der Waals surface area contributed by atoms with Crippen molar-refractivity contribution < 1.29 is 9.52 Å². The van der Waals surface area contributed by atoms with E-state index in [1.54, 1.807) is 6.26 Å². The van der Waals surface area contributed by atoms with Crippen molar-refractivity contribution in [2.75, 3.05) is 0 Å². The van der Waals surface area contributed by atoms with Gasteiger partial charge in [-0.2, -0.15) is 0 Å². The molecule has 1 aromatic heterocycles. The zero-order chi connectivity index (χ0) is 9.42. The summed E-state index contributed by atoms with van der Waals surface area (Å²) < 4.78 is 5.35. The van der Waals surface area contributed by atoms with Crippen LogP contribution in [0.2, 0.25) is 0 Å². The summed E-state index contributed by atoms with van der Waals surface area (Å²) in [5.74, 6) is 0. The molecular weight excluding hydrogens is 163 g/mol. The van der Waals surface area contributed by atoms with Gasteiger partial charge in [0, 0.05) is 5.39 Å². The predicted molar refractivity (Wildman–Crippen MR) is 55.1 cm³/mol. The third-order valence-electron chi connectivity index (χ3n) is 2.58. The molecule has 2 rings (SSSR count). The standard InChI is InChI=1S/C10H11BO2/c1-6-8(5-12)4-7-2-3-13-10(7)9(6)11/h2-4,12H,5,11H2,1H3. The maximum Gasteiger partial charge on any atom is 0.144 e. The Balaban J connectivity index is 2.83. The first-order valence-electron chi connectivity index (χ1n) is 4.31. The molecule has 0 saturated carbocycles. The van der Waals surface area contributed by atoms with Crippen molar-refractivity contribution >= 4 is 24.3 Å². The molecule has 0 spiro atoms. The Morgan fingerprint density at radius 1 is 1.54 bits per heavy atom. The van der Waals surface area contributed by atoms with Crippen molar-refractivity contribution in [2.45, 2.75) is 13.5 Å². The average Bonchev–Trinajstić information content (AvgIpc) is 2.59. The van der Waals surface area contributed by atoms with Crippen LogP contribution in [0.3, 0.4) is 0 Å². The molecule has 0 amide bonds. The zero-order valence-corrected chi connectivity index (χ0v) is 7.79. The topological polar surface area (TPSA) is 33.4 Å². The lowest BCUT2D eigenvalue weighted by Gasteiger charge is -2.06. The summed E-state index contributed by atoms with van der Waals surface area (Å²) >= 11 is 0. The van der Waals surface area contributed by atoms with Crippen molar-refractivity contribution in [2.24, 2.45) is 0 Å². The first-order valence-corrected chi connectivity index (χ1v) is 4.31. The summed E-state index contributed by atoms with van der Waals surface area (Å²) in [4.78, 5) is 0. The first kappa shape index (κ1) is 8.39. The van der Waals surface area contributed by atoms with E-state index in [2.05, 4.69) is 0 Å². The van der Waals surface area contributed by atoms with Gasteiger partial charge in [-0.05, 0) is 35.6 Å². The second kappa shape index (κ2) is 2.93. The molecule has 2 aromatic rings. The molecule has 0 aliphatic carbocycles. The van der Waals surface area contributed by atoms with E-state index in [4.69, 9.17) is 9.52 Å². The van der Waals surface area contributed by atoms with E-state index in [9.17, 15) is 0 Å². The van der Waals surface area contributed by atoms with Gasteiger partial charge in [0.15, 0.2) is 0 Å². The average molecular weight is 174 g/mol. The molecular formula is C10H11BO2. The van der Waals surface area contributed by atoms with E-state index in [-0.39, 0.29) is 6.61 Å². The molecule has 0 aliphatic heterocycles. The summed E-state index contributed by atoms with van der Waals surface area (Å²) in [6.07, 6.45) is 1.68. The van der Waals surface area contributed by atoms with Gasteiger partial charge < -0.3 is 9.52 Å². The van der Waals surface area contributed by atoms with E-state index in [1.807, 2.05) is 26.9 Å². The maximum atomic E-state index is 9.11. The molecule has 0 saturated heterocycles. The quantitative estimate of drug-likeness (QED) is 0.638. The summed E-state index contributed by atoms with van der Waals surface area (Å²) in [5, 5.41) is 10.2. The Morgan fingerprint density at radius 2 is 2.31 bits per heavy atom. The molecule has 1 aromatic carbocycles. The van der Waals surface area contributed by atoms with Crippen molar-refractivity contribution in [1.29, 1.82) is 0 Å². The third kappa shape index (κ3) is 1.16. The summed E-state index contributed by atoms with van der Waals surface area (Å²) in [6.45, 7) is 2.09. The second-order valence-electron chi connectivity index (χ2n) is 3.28. The number of rotatable bonds is 1. The fraction of sp³-hybridized carbons (Fsp3) is 0.200. The van der Waals surface area contributed by atoms with Crippen LogP contribution >= 0.6 is 0 Å². The molecule has 0 unspecified atom stereocenters. The molecule has 0 atom stereocenters. The number of fused-ring (bicyclic) bond motifs is 1. The van der Waals surface area contributed by atoms with Gasteiger partial charge in [-0.25, -0.2) is 0 Å². The normalized spacial score (nSPS) is 10.9. The van der Waals surface area contributed by atoms with E-state index >= 15 is 0 Å². The van der Waals surface area contributed by atoms with Crippen LogP contribution in [-0.4, -0.2) is 13.0 Å². The lowest BCUT2D eigenvalue weighted by molar-refractivity contribution is 0.281. The maximum absolute atomic E-state index is 9.11. The molecule has 2 nitrogen and oxygen atoms in total. The van der Waals surface area contributed by atoms with Crippen LogP contribution in [0, 0.1) is 6.92 Å². The van der Waals surface area contributed by atoms with Crippen LogP contribution in [0.25, 0.3) is 11.0 Å². The highest BCUT2D eigenvalue weighted by Crippen LogP contribution is 2.17. The summed E-state index contributed by atoms with van der Waals surface area (Å²) in [6, 6.07) is 3.89. The number of aliphatic hydroxyl groups excluding tert-OH is 1. The fourth-order valence-corrected chi connectivity index (χ4v) is 1.61. The van der Waals surface area contributed by atoms with Gasteiger partial charge >= 0.3 is 0 Å². The van der Waals surface area contributed by atoms with Gasteiger partial charge in [0.2, 0.25) is 0 Å². The third-order valence-corrected chi connectivity index (χ3v) is 2.58. The minimum absolute atomic E-state index is 0.0911. The fourth-order valence-electron chi connectivity index (χ4n) is 1.61. The molecule has 1 N–H and O–H groups in total. The van der Waals surface area contributed by atoms with Crippen LogP contribution in [0.1, 0.15) is 11.1 Å². The number of hydrogen-bond acceptors (Lipinski definition) is 2. The molecule has 0 bridgehead atoms. The Hall–Kier alpha value is -1.22. The lowest BCUT2D eigenvalue weighted by Crippen LogP contribution is -2.10. The van der Waals surface area contributed by atoms with Crippen molar-refractivity contribution in [3.8, 4) is 0 Å². The van der Waals surface area contributed by atoms with Gasteiger partial charge in [0.25, 0.3) is 0 Å². The zero-order valence-electron chi connectivity index (χ0n) is 7.79. The van der Waals surface area contributed by atoms with E-state index in [0.717, 1.165) is 27.6 Å². The minimum atomic E-state index is 0.0911. The Kier molecular flexibility index (Phi) is 1.89. The van der Waals surface area contributed by atoms with E-state index < -0.39 is 0 Å². The Labute approximate surface area is 77.6 Å². The van der Waals surface area contributed by atoms with E-state index in [0.29, 0.717) is 0 Å². The number of aliphatic hydroxyl groups is 1. The van der Waals surface area contributed by atoms with Gasteiger partial charge in [-0.1, -0.05) is 0 Å². The predicted octanol–water partition coefficient (Wildman–Crippen LogP) is 0.492. The second-order valence-corrected chi connectivity index (χ2v) is 3.28. The molecule has 3 heteroatoms. The molecule has 1 heterocycles. The van der Waals surface area contributed by atoms with Gasteiger partial charge in [-0.3, -0.25) is 0 Å². The van der Waals surface area contributed by atoms with Crippen LogP contribution in [0.15, 0.2) is 22.8 Å². The molecule has 0 aliphatic rings. The number of hydrogen-bond donors (Lipinski definition) is 1. The lowest BCUT2D eigenvalue weighted by atomic mass is 9.87. The monoisotopic (exact) mass is 174 g/mol. The first-order chi connectivity index (χ1) is 6.24.